The molecule has 2 aromatic carbocycles. The molecule has 6 heteroatoms. The zero-order valence-electron chi connectivity index (χ0n) is 10.2. The number of esters is 1. The smallest absolute Gasteiger partial charge is 0.338 e. The predicted molar refractivity (Wildman–Crippen MR) is 66.3 cm³/mol. The number of hydrogen-bond acceptors (Lipinski definition) is 3. The summed E-state index contributed by atoms with van der Waals surface area (Å²) in [6.45, 7) is -0.450. The van der Waals surface area contributed by atoms with Crippen molar-refractivity contribution in [2.75, 3.05) is 5.73 Å². The number of anilines is 1. The molecule has 0 amide bonds. The average Bonchev–Trinajstić information content (AvgIpc) is 2.43. The lowest BCUT2D eigenvalue weighted by atomic mass is 10.2. The first kappa shape index (κ1) is 13.9. The minimum Gasteiger partial charge on any atom is -0.457 e. The molecule has 0 aliphatic rings. The van der Waals surface area contributed by atoms with Gasteiger partial charge in [-0.1, -0.05) is 12.1 Å². The minimum absolute atomic E-state index is 0.0616. The van der Waals surface area contributed by atoms with Gasteiger partial charge >= 0.3 is 5.97 Å². The lowest BCUT2D eigenvalue weighted by Gasteiger charge is -2.07. The number of hydrogen-bond donors (Lipinski definition) is 1. The summed E-state index contributed by atoms with van der Waals surface area (Å²) < 4.78 is 44.2. The standard InChI is InChI=1S/C14H10F3NO2/c15-10-3-1-2-9(13(10)17)7-20-14(19)8-4-5-12(18)11(16)6-8/h1-6H,7,18H2. The molecule has 2 rings (SSSR count). The molecule has 0 atom stereocenters. The van der Waals surface area contributed by atoms with Crippen molar-refractivity contribution in [1.82, 2.24) is 0 Å². The van der Waals surface area contributed by atoms with E-state index >= 15 is 0 Å². The van der Waals surface area contributed by atoms with Crippen LogP contribution in [0, 0.1) is 17.5 Å². The lowest BCUT2D eigenvalue weighted by Crippen LogP contribution is -2.07. The Morgan fingerprint density at radius 2 is 1.85 bits per heavy atom. The number of nitrogen functional groups attached to an aromatic ring is 1. The van der Waals surface area contributed by atoms with E-state index in [0.29, 0.717) is 0 Å². The van der Waals surface area contributed by atoms with Crippen LogP contribution in [-0.2, 0) is 11.3 Å². The van der Waals surface area contributed by atoms with E-state index < -0.39 is 30.0 Å². The first-order chi connectivity index (χ1) is 9.49. The van der Waals surface area contributed by atoms with Crippen LogP contribution in [0.2, 0.25) is 0 Å². The number of nitrogens with two attached hydrogens (primary N) is 1. The number of ether oxygens (including phenoxy) is 1. The van der Waals surface area contributed by atoms with Gasteiger partial charge in [0.05, 0.1) is 11.3 Å². The molecular weight excluding hydrogens is 271 g/mol. The van der Waals surface area contributed by atoms with Crippen LogP contribution in [0.3, 0.4) is 0 Å². The van der Waals surface area contributed by atoms with Gasteiger partial charge in [-0.3, -0.25) is 0 Å². The summed E-state index contributed by atoms with van der Waals surface area (Å²) in [4.78, 5) is 11.6. The molecule has 0 saturated carbocycles. The average molecular weight is 281 g/mol. The van der Waals surface area contributed by atoms with Gasteiger partial charge in [0, 0.05) is 5.56 Å². The zero-order valence-corrected chi connectivity index (χ0v) is 10.2. The SMILES string of the molecule is Nc1ccc(C(=O)OCc2cccc(F)c2F)cc1F. The number of rotatable bonds is 3. The third-order valence-corrected chi connectivity index (χ3v) is 2.63. The molecular formula is C14H10F3NO2. The predicted octanol–water partition coefficient (Wildman–Crippen LogP) is 3.04. The van der Waals surface area contributed by atoms with Crippen molar-refractivity contribution in [3.05, 3.63) is 65.0 Å². The van der Waals surface area contributed by atoms with E-state index in [0.717, 1.165) is 12.1 Å². The Labute approximate surface area is 112 Å². The third-order valence-electron chi connectivity index (χ3n) is 2.63. The van der Waals surface area contributed by atoms with Crippen molar-refractivity contribution >= 4 is 11.7 Å². The van der Waals surface area contributed by atoms with Gasteiger partial charge < -0.3 is 10.5 Å². The lowest BCUT2D eigenvalue weighted by molar-refractivity contribution is 0.0467. The zero-order chi connectivity index (χ0) is 14.7. The van der Waals surface area contributed by atoms with E-state index in [-0.39, 0.29) is 16.8 Å². The molecule has 0 aliphatic heterocycles. The van der Waals surface area contributed by atoms with Crippen LogP contribution in [0.5, 0.6) is 0 Å². The Morgan fingerprint density at radius 1 is 1.10 bits per heavy atom. The molecule has 2 aromatic rings. The van der Waals surface area contributed by atoms with Crippen molar-refractivity contribution in [2.45, 2.75) is 6.61 Å². The Kier molecular flexibility index (Phi) is 3.93. The fourth-order valence-electron chi connectivity index (χ4n) is 1.54. The molecule has 0 bridgehead atoms. The van der Waals surface area contributed by atoms with E-state index in [9.17, 15) is 18.0 Å². The molecule has 0 unspecified atom stereocenters. The molecule has 0 radical (unpaired) electrons. The first-order valence-electron chi connectivity index (χ1n) is 5.64. The fourth-order valence-corrected chi connectivity index (χ4v) is 1.54. The highest BCUT2D eigenvalue weighted by Crippen LogP contribution is 2.15. The summed E-state index contributed by atoms with van der Waals surface area (Å²) in [5, 5.41) is 0. The van der Waals surface area contributed by atoms with Gasteiger partial charge in [0.15, 0.2) is 11.6 Å². The fraction of sp³-hybridized carbons (Fsp3) is 0.0714. The van der Waals surface area contributed by atoms with Gasteiger partial charge in [-0.15, -0.1) is 0 Å². The van der Waals surface area contributed by atoms with Crippen LogP contribution < -0.4 is 5.73 Å². The summed E-state index contributed by atoms with van der Waals surface area (Å²) in [5.74, 6) is -3.72. The monoisotopic (exact) mass is 281 g/mol. The number of carbonyl (C=O) groups excluding carboxylic acids is 1. The molecule has 104 valence electrons. The van der Waals surface area contributed by atoms with Gasteiger partial charge in [-0.2, -0.15) is 0 Å². The Balaban J connectivity index is 2.08. The molecule has 3 nitrogen and oxygen atoms in total. The highest BCUT2D eigenvalue weighted by molar-refractivity contribution is 5.89. The maximum atomic E-state index is 13.3. The molecule has 20 heavy (non-hydrogen) atoms. The minimum atomic E-state index is -1.08. The van der Waals surface area contributed by atoms with Crippen LogP contribution >= 0.6 is 0 Å². The number of carbonyl (C=O) groups is 1. The van der Waals surface area contributed by atoms with E-state index in [1.165, 1.54) is 24.3 Å². The van der Waals surface area contributed by atoms with Gasteiger partial charge in [-0.05, 0) is 24.3 Å². The summed E-state index contributed by atoms with van der Waals surface area (Å²) in [7, 11) is 0. The summed E-state index contributed by atoms with van der Waals surface area (Å²) >= 11 is 0. The second-order valence-electron chi connectivity index (χ2n) is 4.03. The Hall–Kier alpha value is -2.50. The maximum Gasteiger partial charge on any atom is 0.338 e. The summed E-state index contributed by atoms with van der Waals surface area (Å²) in [5.41, 5.74) is 5.01. The van der Waals surface area contributed by atoms with Crippen LogP contribution in [-0.4, -0.2) is 5.97 Å². The summed E-state index contributed by atoms with van der Waals surface area (Å²) in [6, 6.07) is 6.95. The van der Waals surface area contributed by atoms with Crippen molar-refractivity contribution in [3.8, 4) is 0 Å². The van der Waals surface area contributed by atoms with Crippen LogP contribution in [0.15, 0.2) is 36.4 Å². The molecule has 0 heterocycles. The summed E-state index contributed by atoms with van der Waals surface area (Å²) in [6.07, 6.45) is 0. The largest absolute Gasteiger partial charge is 0.457 e. The molecule has 0 saturated heterocycles. The maximum absolute atomic E-state index is 13.3. The Morgan fingerprint density at radius 3 is 2.55 bits per heavy atom. The molecule has 0 aliphatic carbocycles. The third kappa shape index (κ3) is 2.90. The molecule has 0 fully saturated rings. The highest BCUT2D eigenvalue weighted by atomic mass is 19.2. The van der Waals surface area contributed by atoms with Gasteiger partial charge in [0.25, 0.3) is 0 Å². The van der Waals surface area contributed by atoms with Crippen molar-refractivity contribution in [2.24, 2.45) is 0 Å². The van der Waals surface area contributed by atoms with Gasteiger partial charge in [-0.25, -0.2) is 18.0 Å². The van der Waals surface area contributed by atoms with Gasteiger partial charge in [0.2, 0.25) is 0 Å². The molecule has 0 spiro atoms. The van der Waals surface area contributed by atoms with Crippen LogP contribution in [0.4, 0.5) is 18.9 Å². The van der Waals surface area contributed by atoms with Crippen molar-refractivity contribution in [3.63, 3.8) is 0 Å². The van der Waals surface area contributed by atoms with E-state index in [1.54, 1.807) is 0 Å². The van der Waals surface area contributed by atoms with Crippen molar-refractivity contribution < 1.29 is 22.7 Å². The van der Waals surface area contributed by atoms with Gasteiger partial charge in [0.1, 0.15) is 12.4 Å². The van der Waals surface area contributed by atoms with Crippen LogP contribution in [0.1, 0.15) is 15.9 Å². The topological polar surface area (TPSA) is 52.3 Å². The quantitative estimate of drug-likeness (QED) is 0.695. The van der Waals surface area contributed by atoms with Crippen molar-refractivity contribution in [1.29, 1.82) is 0 Å². The van der Waals surface area contributed by atoms with E-state index in [4.69, 9.17) is 10.5 Å². The molecule has 0 aromatic heterocycles. The van der Waals surface area contributed by atoms with E-state index in [2.05, 4.69) is 0 Å². The second kappa shape index (κ2) is 5.64. The molecule has 2 N–H and O–H groups in total. The first-order valence-corrected chi connectivity index (χ1v) is 5.64. The normalized spacial score (nSPS) is 10.3. The number of benzene rings is 2. The van der Waals surface area contributed by atoms with E-state index in [1.807, 2.05) is 0 Å². The highest BCUT2D eigenvalue weighted by Gasteiger charge is 2.13. The number of halogens is 3. The second-order valence-corrected chi connectivity index (χ2v) is 4.03. The Bertz CT molecular complexity index is 659. The van der Waals surface area contributed by atoms with Crippen LogP contribution in [0.25, 0.3) is 0 Å².